The van der Waals surface area contributed by atoms with Crippen molar-refractivity contribution in [2.24, 2.45) is 23.5 Å². The minimum Gasteiger partial charge on any atom is -0.480 e. The van der Waals surface area contributed by atoms with Crippen molar-refractivity contribution in [3.63, 3.8) is 0 Å². The van der Waals surface area contributed by atoms with Gasteiger partial charge in [0.15, 0.2) is 0 Å². The van der Waals surface area contributed by atoms with E-state index < -0.39 is 17.9 Å². The molecular formula is C11H16N2O4. The molecule has 6 heteroatoms. The number of fused-ring (bicyclic) bond motifs is 1. The number of nitrogens with one attached hydrogen (secondary N) is 1. The van der Waals surface area contributed by atoms with Crippen LogP contribution in [0.4, 0.5) is 0 Å². The van der Waals surface area contributed by atoms with Crippen molar-refractivity contribution in [1.82, 2.24) is 5.32 Å². The summed E-state index contributed by atoms with van der Waals surface area (Å²) in [6.07, 6.45) is 2.90. The van der Waals surface area contributed by atoms with Gasteiger partial charge in [0.2, 0.25) is 11.8 Å². The maximum absolute atomic E-state index is 11.8. The van der Waals surface area contributed by atoms with Crippen LogP contribution in [0.25, 0.3) is 0 Å². The van der Waals surface area contributed by atoms with E-state index in [0.717, 1.165) is 19.3 Å². The molecule has 0 spiro atoms. The van der Waals surface area contributed by atoms with Crippen LogP contribution >= 0.6 is 0 Å². The molecule has 0 aromatic rings. The number of amides is 2. The molecule has 2 aliphatic carbocycles. The van der Waals surface area contributed by atoms with E-state index in [1.165, 1.54) is 0 Å². The number of carbonyl (C=O) groups is 3. The van der Waals surface area contributed by atoms with E-state index in [0.29, 0.717) is 11.8 Å². The third kappa shape index (κ3) is 2.40. The van der Waals surface area contributed by atoms with Gasteiger partial charge in [0.1, 0.15) is 6.04 Å². The van der Waals surface area contributed by atoms with Crippen molar-refractivity contribution in [1.29, 1.82) is 0 Å². The van der Waals surface area contributed by atoms with Crippen molar-refractivity contribution < 1.29 is 19.5 Å². The second-order valence-electron chi connectivity index (χ2n) is 4.85. The molecule has 6 nitrogen and oxygen atoms in total. The lowest BCUT2D eigenvalue weighted by Crippen LogP contribution is -2.44. The molecule has 94 valence electrons. The zero-order valence-electron chi connectivity index (χ0n) is 9.39. The Labute approximate surface area is 98.5 Å². The third-order valence-corrected chi connectivity index (χ3v) is 3.73. The summed E-state index contributed by atoms with van der Waals surface area (Å²) in [6, 6.07) is -1.19. The van der Waals surface area contributed by atoms with Crippen LogP contribution in [0.3, 0.4) is 0 Å². The first-order valence-corrected chi connectivity index (χ1v) is 5.82. The molecule has 0 saturated heterocycles. The van der Waals surface area contributed by atoms with E-state index >= 15 is 0 Å². The Bertz CT molecular complexity index is 358. The lowest BCUT2D eigenvalue weighted by atomic mass is 10.1. The third-order valence-electron chi connectivity index (χ3n) is 3.73. The summed E-state index contributed by atoms with van der Waals surface area (Å²) in [5, 5.41) is 11.3. The fraction of sp³-hybridized carbons (Fsp3) is 0.727. The van der Waals surface area contributed by atoms with Crippen LogP contribution in [0.2, 0.25) is 0 Å². The van der Waals surface area contributed by atoms with Crippen molar-refractivity contribution >= 4 is 17.8 Å². The number of hydrogen-bond acceptors (Lipinski definition) is 3. The molecule has 2 amide bonds. The monoisotopic (exact) mass is 240 g/mol. The highest BCUT2D eigenvalue weighted by molar-refractivity contribution is 5.90. The Hall–Kier alpha value is -1.59. The van der Waals surface area contributed by atoms with Crippen LogP contribution in [0, 0.1) is 17.8 Å². The van der Waals surface area contributed by atoms with Crippen LogP contribution in [-0.4, -0.2) is 28.9 Å². The molecule has 2 fully saturated rings. The van der Waals surface area contributed by atoms with Gasteiger partial charge in [-0.3, -0.25) is 9.59 Å². The SMILES string of the molecule is NC(=O)CC(NC(=O)C1C2CCCC21)C(=O)O. The minimum atomic E-state index is -1.22. The summed E-state index contributed by atoms with van der Waals surface area (Å²) in [6.45, 7) is 0. The summed E-state index contributed by atoms with van der Waals surface area (Å²) < 4.78 is 0. The number of aliphatic carboxylic acids is 1. The van der Waals surface area contributed by atoms with Crippen LogP contribution in [0.15, 0.2) is 0 Å². The second kappa shape index (κ2) is 4.35. The standard InChI is InChI=1S/C11H16N2O4/c12-8(14)4-7(11(16)17)13-10(15)9-5-2-1-3-6(5)9/h5-7,9H,1-4H2,(H2,12,14)(H,13,15)(H,16,17). The van der Waals surface area contributed by atoms with E-state index in [4.69, 9.17) is 10.8 Å². The van der Waals surface area contributed by atoms with Crippen molar-refractivity contribution in [2.75, 3.05) is 0 Å². The highest BCUT2D eigenvalue weighted by Crippen LogP contribution is 2.57. The van der Waals surface area contributed by atoms with Gasteiger partial charge in [-0.15, -0.1) is 0 Å². The van der Waals surface area contributed by atoms with E-state index in [9.17, 15) is 14.4 Å². The van der Waals surface area contributed by atoms with Crippen LogP contribution in [0.5, 0.6) is 0 Å². The minimum absolute atomic E-state index is 0.0431. The van der Waals surface area contributed by atoms with Crippen molar-refractivity contribution in [3.05, 3.63) is 0 Å². The van der Waals surface area contributed by atoms with Crippen LogP contribution in [-0.2, 0) is 14.4 Å². The van der Waals surface area contributed by atoms with Gasteiger partial charge in [0, 0.05) is 5.92 Å². The molecule has 0 aromatic carbocycles. The maximum atomic E-state index is 11.8. The van der Waals surface area contributed by atoms with E-state index in [-0.39, 0.29) is 18.2 Å². The molecule has 3 unspecified atom stereocenters. The van der Waals surface area contributed by atoms with Crippen LogP contribution in [0.1, 0.15) is 25.7 Å². The molecule has 0 aliphatic heterocycles. The summed E-state index contributed by atoms with van der Waals surface area (Å²) in [4.78, 5) is 33.3. The van der Waals surface area contributed by atoms with Gasteiger partial charge in [-0.1, -0.05) is 6.42 Å². The Morgan fingerprint density at radius 2 is 1.88 bits per heavy atom. The summed E-state index contributed by atoms with van der Waals surface area (Å²) in [5.74, 6) is -1.38. The van der Waals surface area contributed by atoms with Crippen molar-refractivity contribution in [2.45, 2.75) is 31.7 Å². The highest BCUT2D eigenvalue weighted by Gasteiger charge is 2.56. The first-order valence-electron chi connectivity index (χ1n) is 5.82. The maximum Gasteiger partial charge on any atom is 0.326 e. The molecular weight excluding hydrogens is 224 g/mol. The highest BCUT2D eigenvalue weighted by atomic mass is 16.4. The Balaban J connectivity index is 1.88. The molecule has 2 rings (SSSR count). The molecule has 0 heterocycles. The summed E-state index contributed by atoms with van der Waals surface area (Å²) in [5.41, 5.74) is 4.94. The predicted octanol–water partition coefficient (Wildman–Crippen LogP) is -0.523. The molecule has 17 heavy (non-hydrogen) atoms. The zero-order valence-corrected chi connectivity index (χ0v) is 9.39. The van der Waals surface area contributed by atoms with E-state index in [2.05, 4.69) is 5.32 Å². The molecule has 0 bridgehead atoms. The van der Waals surface area contributed by atoms with Crippen LogP contribution < -0.4 is 11.1 Å². The number of primary amides is 1. The van der Waals surface area contributed by atoms with Gasteiger partial charge in [0.25, 0.3) is 0 Å². The van der Waals surface area contributed by atoms with Gasteiger partial charge in [0.05, 0.1) is 6.42 Å². The van der Waals surface area contributed by atoms with Gasteiger partial charge in [-0.05, 0) is 24.7 Å². The van der Waals surface area contributed by atoms with Gasteiger partial charge < -0.3 is 16.2 Å². The molecule has 4 N–H and O–H groups in total. The fourth-order valence-corrected chi connectivity index (χ4v) is 2.88. The first-order chi connectivity index (χ1) is 8.00. The average molecular weight is 240 g/mol. The molecule has 2 saturated carbocycles. The summed E-state index contributed by atoms with van der Waals surface area (Å²) >= 11 is 0. The fourth-order valence-electron chi connectivity index (χ4n) is 2.88. The molecule has 3 atom stereocenters. The molecule has 2 aliphatic rings. The predicted molar refractivity (Wildman–Crippen MR) is 57.7 cm³/mol. The van der Waals surface area contributed by atoms with Gasteiger partial charge in [-0.2, -0.15) is 0 Å². The van der Waals surface area contributed by atoms with Gasteiger partial charge >= 0.3 is 5.97 Å². The number of rotatable bonds is 5. The van der Waals surface area contributed by atoms with E-state index in [1.807, 2.05) is 0 Å². The van der Waals surface area contributed by atoms with E-state index in [1.54, 1.807) is 0 Å². The summed E-state index contributed by atoms with van der Waals surface area (Å²) in [7, 11) is 0. The quantitative estimate of drug-likeness (QED) is 0.600. The number of carboxylic acids is 1. The van der Waals surface area contributed by atoms with Crippen molar-refractivity contribution in [3.8, 4) is 0 Å². The zero-order chi connectivity index (χ0) is 12.6. The van der Waals surface area contributed by atoms with Gasteiger partial charge in [-0.25, -0.2) is 4.79 Å². The molecule has 0 radical (unpaired) electrons. The Kier molecular flexibility index (Phi) is 3.04. The second-order valence-corrected chi connectivity index (χ2v) is 4.85. The first kappa shape index (κ1) is 11.9. The lowest BCUT2D eigenvalue weighted by molar-refractivity contribution is -0.143. The topological polar surface area (TPSA) is 109 Å². The Morgan fingerprint density at radius 1 is 1.29 bits per heavy atom. The smallest absolute Gasteiger partial charge is 0.326 e. The Morgan fingerprint density at radius 3 is 2.35 bits per heavy atom. The largest absolute Gasteiger partial charge is 0.480 e. The lowest BCUT2D eigenvalue weighted by Gasteiger charge is -2.13. The normalized spacial score (nSPS) is 31.4. The number of nitrogens with two attached hydrogens (primary N) is 1. The number of carboxylic acid groups (broad SMARTS) is 1. The average Bonchev–Trinajstić information content (AvgIpc) is 2.71. The number of hydrogen-bond donors (Lipinski definition) is 3. The number of carbonyl (C=O) groups excluding carboxylic acids is 2. The molecule has 0 aromatic heterocycles.